The second kappa shape index (κ2) is 9.07. The van der Waals surface area contributed by atoms with Crippen LogP contribution in [0.4, 0.5) is 11.4 Å². The van der Waals surface area contributed by atoms with Crippen molar-refractivity contribution in [2.75, 3.05) is 19.1 Å². The average Bonchev–Trinajstić information content (AvgIpc) is 3.13. The molecule has 0 saturated carbocycles. The molecule has 0 aliphatic carbocycles. The molecule has 0 bridgehead atoms. The number of nitro groups is 1. The van der Waals surface area contributed by atoms with Crippen LogP contribution in [0, 0.1) is 10.1 Å². The highest BCUT2D eigenvalue weighted by molar-refractivity contribution is 6.51. The van der Waals surface area contributed by atoms with Gasteiger partial charge < -0.3 is 14.6 Å². The highest BCUT2D eigenvalue weighted by Gasteiger charge is 2.47. The number of ketones is 1. The lowest BCUT2D eigenvalue weighted by Crippen LogP contribution is -2.29. The molecule has 0 spiro atoms. The maximum absolute atomic E-state index is 13.2. The van der Waals surface area contributed by atoms with E-state index in [1.54, 1.807) is 48.5 Å². The van der Waals surface area contributed by atoms with Crippen LogP contribution >= 0.6 is 0 Å². The van der Waals surface area contributed by atoms with Crippen molar-refractivity contribution in [1.29, 1.82) is 0 Å². The number of aliphatic hydroxyl groups excluding tert-OH is 1. The van der Waals surface area contributed by atoms with Crippen molar-refractivity contribution in [2.45, 2.75) is 6.04 Å². The number of carbonyl (C=O) groups is 2. The van der Waals surface area contributed by atoms with E-state index in [9.17, 15) is 24.8 Å². The fraction of sp³-hybridized carbons (Fsp3) is 0.120. The average molecular weight is 460 g/mol. The zero-order chi connectivity index (χ0) is 24.4. The molecule has 4 rings (SSSR count). The molecule has 1 aliphatic heterocycles. The molecule has 9 heteroatoms. The molecule has 3 aromatic rings. The molecule has 1 N–H and O–H groups in total. The van der Waals surface area contributed by atoms with E-state index >= 15 is 0 Å². The number of nitrogens with zero attached hydrogens (tertiary/aromatic N) is 2. The fourth-order valence-corrected chi connectivity index (χ4v) is 3.92. The van der Waals surface area contributed by atoms with Crippen LogP contribution < -0.4 is 14.4 Å². The van der Waals surface area contributed by atoms with Crippen LogP contribution in [0.5, 0.6) is 11.5 Å². The standard InChI is InChI=1S/C25H20N2O7/c1-33-19-13-10-16(14-20(19)34-2)22-21(23(28)15-8-11-18(12-9-15)27(31)32)24(29)25(30)26(22)17-6-4-3-5-7-17/h3-14,22,28H,1-2H3/t22-/m1/s1. The molecule has 0 radical (unpaired) electrons. The monoisotopic (exact) mass is 460 g/mol. The van der Waals surface area contributed by atoms with Gasteiger partial charge in [0.05, 0.1) is 30.8 Å². The maximum Gasteiger partial charge on any atom is 0.300 e. The smallest absolute Gasteiger partial charge is 0.300 e. The van der Waals surface area contributed by atoms with Gasteiger partial charge >= 0.3 is 0 Å². The van der Waals surface area contributed by atoms with Gasteiger partial charge in [-0.2, -0.15) is 0 Å². The lowest BCUT2D eigenvalue weighted by atomic mass is 9.94. The minimum atomic E-state index is -0.975. The van der Waals surface area contributed by atoms with Crippen LogP contribution in [-0.4, -0.2) is 35.9 Å². The van der Waals surface area contributed by atoms with E-state index in [4.69, 9.17) is 9.47 Å². The number of hydrogen-bond acceptors (Lipinski definition) is 7. The number of nitro benzene ring substituents is 1. The van der Waals surface area contributed by atoms with Gasteiger partial charge in [-0.3, -0.25) is 24.6 Å². The minimum Gasteiger partial charge on any atom is -0.507 e. The van der Waals surface area contributed by atoms with Crippen molar-refractivity contribution in [2.24, 2.45) is 0 Å². The molecule has 1 fully saturated rings. The number of amides is 1. The largest absolute Gasteiger partial charge is 0.507 e. The summed E-state index contributed by atoms with van der Waals surface area (Å²) in [6.45, 7) is 0. The highest BCUT2D eigenvalue weighted by atomic mass is 16.6. The molecule has 0 aromatic heterocycles. The predicted molar refractivity (Wildman–Crippen MR) is 124 cm³/mol. The summed E-state index contributed by atoms with van der Waals surface area (Å²) in [5.74, 6) is -1.28. The topological polar surface area (TPSA) is 119 Å². The van der Waals surface area contributed by atoms with Gasteiger partial charge in [0.1, 0.15) is 5.76 Å². The summed E-state index contributed by atoms with van der Waals surface area (Å²) in [5, 5.41) is 22.1. The molecule has 1 saturated heterocycles. The van der Waals surface area contributed by atoms with Crippen molar-refractivity contribution >= 4 is 28.8 Å². The maximum atomic E-state index is 13.2. The lowest BCUT2D eigenvalue weighted by molar-refractivity contribution is -0.384. The van der Waals surface area contributed by atoms with E-state index < -0.39 is 28.4 Å². The Morgan fingerprint density at radius 3 is 2.18 bits per heavy atom. The third-order valence-electron chi connectivity index (χ3n) is 5.55. The number of hydrogen-bond donors (Lipinski definition) is 1. The molecular formula is C25H20N2O7. The summed E-state index contributed by atoms with van der Waals surface area (Å²) in [5.41, 5.74) is 0.825. The van der Waals surface area contributed by atoms with Crippen molar-refractivity contribution in [3.63, 3.8) is 0 Å². The Balaban J connectivity index is 1.93. The number of benzene rings is 3. The third kappa shape index (κ3) is 3.83. The Labute approximate surface area is 194 Å². The van der Waals surface area contributed by atoms with E-state index in [2.05, 4.69) is 0 Å². The summed E-state index contributed by atoms with van der Waals surface area (Å²) in [6.07, 6.45) is 0. The quantitative estimate of drug-likeness (QED) is 0.192. The SMILES string of the molecule is COc1ccc([C@@H]2C(=C(O)c3ccc([N+](=O)[O-])cc3)C(=O)C(=O)N2c2ccccc2)cc1OC. The Kier molecular flexibility index (Phi) is 6.01. The second-order valence-corrected chi connectivity index (χ2v) is 7.42. The zero-order valence-electron chi connectivity index (χ0n) is 18.3. The first kappa shape index (κ1) is 22.5. The van der Waals surface area contributed by atoms with Gasteiger partial charge in [-0.25, -0.2) is 0 Å². The molecule has 3 aromatic carbocycles. The number of aliphatic hydroxyl groups is 1. The van der Waals surface area contributed by atoms with E-state index in [0.717, 1.165) is 0 Å². The van der Waals surface area contributed by atoms with Crippen molar-refractivity contribution in [1.82, 2.24) is 0 Å². The van der Waals surface area contributed by atoms with Crippen LogP contribution in [0.3, 0.4) is 0 Å². The zero-order valence-corrected chi connectivity index (χ0v) is 18.3. The number of rotatable bonds is 6. The first-order valence-corrected chi connectivity index (χ1v) is 10.2. The number of para-hydroxylation sites is 1. The number of anilines is 1. The fourth-order valence-electron chi connectivity index (χ4n) is 3.92. The van der Waals surface area contributed by atoms with E-state index in [1.807, 2.05) is 0 Å². The van der Waals surface area contributed by atoms with Gasteiger partial charge in [0.15, 0.2) is 11.5 Å². The molecule has 1 aliphatic rings. The van der Waals surface area contributed by atoms with Crippen molar-refractivity contribution in [3.05, 3.63) is 99.6 Å². The summed E-state index contributed by atoms with van der Waals surface area (Å²) in [7, 11) is 2.95. The summed E-state index contributed by atoms with van der Waals surface area (Å²) >= 11 is 0. The number of carbonyl (C=O) groups excluding carboxylic acids is 2. The van der Waals surface area contributed by atoms with Gasteiger partial charge in [0, 0.05) is 23.4 Å². The van der Waals surface area contributed by atoms with Crippen LogP contribution in [0.2, 0.25) is 0 Å². The predicted octanol–water partition coefficient (Wildman–Crippen LogP) is 4.24. The van der Waals surface area contributed by atoms with Crippen LogP contribution in [0.25, 0.3) is 5.76 Å². The van der Waals surface area contributed by atoms with Gasteiger partial charge in [-0.05, 0) is 42.0 Å². The van der Waals surface area contributed by atoms with Crippen LogP contribution in [0.15, 0.2) is 78.4 Å². The van der Waals surface area contributed by atoms with Gasteiger partial charge in [0.25, 0.3) is 17.4 Å². The Morgan fingerprint density at radius 1 is 0.941 bits per heavy atom. The number of methoxy groups -OCH3 is 2. The Morgan fingerprint density at radius 2 is 1.59 bits per heavy atom. The molecule has 172 valence electrons. The Hall–Kier alpha value is -4.66. The molecule has 9 nitrogen and oxygen atoms in total. The molecule has 34 heavy (non-hydrogen) atoms. The summed E-state index contributed by atoms with van der Waals surface area (Å²) in [4.78, 5) is 38.0. The number of Topliss-reactive ketones (excluding diaryl/α,β-unsaturated/α-hetero) is 1. The summed E-state index contributed by atoms with van der Waals surface area (Å²) in [6, 6.07) is 17.7. The first-order valence-electron chi connectivity index (χ1n) is 10.2. The van der Waals surface area contributed by atoms with Crippen molar-refractivity contribution in [3.8, 4) is 11.5 Å². The van der Waals surface area contributed by atoms with Crippen LogP contribution in [-0.2, 0) is 9.59 Å². The van der Waals surface area contributed by atoms with Gasteiger partial charge in [-0.15, -0.1) is 0 Å². The molecule has 1 heterocycles. The van der Waals surface area contributed by atoms with E-state index in [1.165, 1.54) is 43.4 Å². The summed E-state index contributed by atoms with van der Waals surface area (Å²) < 4.78 is 10.7. The lowest BCUT2D eigenvalue weighted by Gasteiger charge is -2.26. The molecule has 1 amide bonds. The molecule has 1 atom stereocenters. The second-order valence-electron chi connectivity index (χ2n) is 7.42. The van der Waals surface area contributed by atoms with Gasteiger partial charge in [0.2, 0.25) is 0 Å². The first-order chi connectivity index (χ1) is 16.4. The van der Waals surface area contributed by atoms with Crippen molar-refractivity contribution < 1.29 is 29.1 Å². The van der Waals surface area contributed by atoms with E-state index in [0.29, 0.717) is 22.7 Å². The Bertz CT molecular complexity index is 1300. The van der Waals surface area contributed by atoms with Gasteiger partial charge in [-0.1, -0.05) is 24.3 Å². The third-order valence-corrected chi connectivity index (χ3v) is 5.55. The molecule has 0 unspecified atom stereocenters. The highest BCUT2D eigenvalue weighted by Crippen LogP contribution is 2.44. The molecular weight excluding hydrogens is 440 g/mol. The van der Waals surface area contributed by atoms with Crippen LogP contribution in [0.1, 0.15) is 17.2 Å². The minimum absolute atomic E-state index is 0.144. The number of non-ortho nitro benzene ring substituents is 1. The normalized spacial score (nSPS) is 17.0. The number of ether oxygens (including phenoxy) is 2. The van der Waals surface area contributed by atoms with E-state index in [-0.39, 0.29) is 16.8 Å².